The van der Waals surface area contributed by atoms with E-state index in [1.807, 2.05) is 117 Å². The second-order valence-electron chi connectivity index (χ2n) is 14.9. The van der Waals surface area contributed by atoms with Gasteiger partial charge in [0.05, 0.1) is 12.0 Å². The van der Waals surface area contributed by atoms with Crippen LogP contribution in [0.3, 0.4) is 0 Å². The third-order valence-corrected chi connectivity index (χ3v) is 4.78. The number of ether oxygens (including phenoxy) is 1. The van der Waals surface area contributed by atoms with Crippen LogP contribution >= 0.6 is 0 Å². The van der Waals surface area contributed by atoms with Crippen molar-refractivity contribution in [2.24, 2.45) is 32.1 Å². The highest BCUT2D eigenvalue weighted by Gasteiger charge is 2.22. The second-order valence-corrected chi connectivity index (χ2v) is 14.9. The molecule has 0 aliphatic heterocycles. The molecular formula is C36H78N2O5. The number of rotatable bonds is 4. The lowest BCUT2D eigenvalue weighted by Crippen LogP contribution is -2.34. The Morgan fingerprint density at radius 2 is 1.02 bits per heavy atom. The Bertz CT molecular complexity index is 721. The molecular weight excluding hydrogens is 540 g/mol. The number of amides is 1. The van der Waals surface area contributed by atoms with Gasteiger partial charge >= 0.3 is 5.97 Å². The first-order chi connectivity index (χ1) is 17.9. The summed E-state index contributed by atoms with van der Waals surface area (Å²) in [5.74, 6) is 0.556. The molecule has 0 aromatic rings. The van der Waals surface area contributed by atoms with E-state index in [0.717, 1.165) is 13.1 Å². The third-order valence-electron chi connectivity index (χ3n) is 4.78. The Morgan fingerprint density at radius 3 is 1.09 bits per heavy atom. The molecule has 0 fully saturated rings. The summed E-state index contributed by atoms with van der Waals surface area (Å²) in [6.07, 6.45) is 2.65. The van der Waals surface area contributed by atoms with Crippen LogP contribution in [0.2, 0.25) is 0 Å². The van der Waals surface area contributed by atoms with Crippen molar-refractivity contribution in [2.45, 2.75) is 160 Å². The van der Waals surface area contributed by atoms with Gasteiger partial charge in [0.25, 0.3) is 0 Å². The molecule has 0 unspecified atom stereocenters. The average molecular weight is 619 g/mol. The molecule has 7 heteroatoms. The largest absolute Gasteiger partial charge is 0.466 e. The number of hydrogen-bond acceptors (Lipinski definition) is 6. The summed E-state index contributed by atoms with van der Waals surface area (Å²) in [6, 6.07) is 0. The molecule has 7 nitrogen and oxygen atoms in total. The van der Waals surface area contributed by atoms with Crippen LogP contribution in [-0.4, -0.2) is 49.4 Å². The molecule has 0 aliphatic carbocycles. The minimum atomic E-state index is -0.351. The van der Waals surface area contributed by atoms with Crippen LogP contribution in [0, 0.1) is 27.1 Å². The van der Waals surface area contributed by atoms with Gasteiger partial charge in [0.2, 0.25) is 5.91 Å². The molecule has 0 aromatic heterocycles. The molecule has 0 atom stereocenters. The zero-order valence-corrected chi connectivity index (χ0v) is 30.9. The minimum Gasteiger partial charge on any atom is -0.466 e. The van der Waals surface area contributed by atoms with Crippen molar-refractivity contribution >= 4 is 29.7 Å². The first-order valence-electron chi connectivity index (χ1n) is 15.0. The standard InChI is InChI=1S/C7H15NO.C7H15N.C7H14O2.C7H14O.C6H12O.2CH4/c1-5-8-6(9)7(2,3)4;1-5-8-6-7(2,3)4;1-5-9-6(8)7(2,3)4;1-5-6(8)7(2,3)4;1-5(7)6(2,3)4;;/h5H2,1-4H3,(H,8,9);6H,5H2,1-4H3;5H2,1-4H3;5H2,1-4H3;1-4H3;2*1H4. The number of hydrogen-bond donors (Lipinski definition) is 1. The molecule has 0 saturated carbocycles. The fraction of sp³-hybridized carbons (Fsp3) is 0.861. The smallest absolute Gasteiger partial charge is 0.311 e. The minimum absolute atomic E-state index is 0. The molecule has 0 saturated heterocycles. The van der Waals surface area contributed by atoms with Crippen LogP contribution in [0.25, 0.3) is 0 Å². The van der Waals surface area contributed by atoms with Crippen molar-refractivity contribution in [3.05, 3.63) is 0 Å². The lowest BCUT2D eigenvalue weighted by Gasteiger charge is -2.16. The molecule has 0 rings (SSSR count). The monoisotopic (exact) mass is 619 g/mol. The Kier molecular flexibility index (Phi) is 34.8. The molecule has 43 heavy (non-hydrogen) atoms. The predicted molar refractivity (Wildman–Crippen MR) is 191 cm³/mol. The fourth-order valence-corrected chi connectivity index (χ4v) is 1.67. The predicted octanol–water partition coefficient (Wildman–Crippen LogP) is 9.79. The highest BCUT2D eigenvalue weighted by molar-refractivity contribution is 5.83. The lowest BCUT2D eigenvalue weighted by molar-refractivity contribution is -0.152. The zero-order chi connectivity index (χ0) is 34.5. The van der Waals surface area contributed by atoms with Crippen LogP contribution in [0.4, 0.5) is 0 Å². The number of nitrogens with zero attached hydrogens (tertiary/aromatic N) is 1. The molecule has 262 valence electrons. The van der Waals surface area contributed by atoms with Crippen LogP contribution < -0.4 is 5.32 Å². The normalized spacial score (nSPS) is 11.1. The van der Waals surface area contributed by atoms with E-state index in [0.29, 0.717) is 18.8 Å². The number of nitrogens with one attached hydrogen (secondary N) is 1. The number of carbonyl (C=O) groups excluding carboxylic acids is 4. The van der Waals surface area contributed by atoms with Crippen LogP contribution in [0.15, 0.2) is 4.99 Å². The van der Waals surface area contributed by atoms with Crippen molar-refractivity contribution in [2.75, 3.05) is 19.7 Å². The Labute approximate surface area is 270 Å². The van der Waals surface area contributed by atoms with E-state index >= 15 is 0 Å². The van der Waals surface area contributed by atoms with Crippen molar-refractivity contribution in [3.63, 3.8) is 0 Å². The topological polar surface area (TPSA) is 102 Å². The Balaban J connectivity index is -0.0000000747. The molecule has 0 aliphatic rings. The van der Waals surface area contributed by atoms with Gasteiger partial charge in [0, 0.05) is 42.0 Å². The van der Waals surface area contributed by atoms with Gasteiger partial charge in [-0.25, -0.2) is 0 Å². The van der Waals surface area contributed by atoms with E-state index < -0.39 is 0 Å². The van der Waals surface area contributed by atoms with Crippen LogP contribution in [0.5, 0.6) is 0 Å². The van der Waals surface area contributed by atoms with Gasteiger partial charge in [-0.15, -0.1) is 0 Å². The summed E-state index contributed by atoms with van der Waals surface area (Å²) in [4.78, 5) is 47.2. The summed E-state index contributed by atoms with van der Waals surface area (Å²) >= 11 is 0. The molecule has 0 bridgehead atoms. The van der Waals surface area contributed by atoms with Gasteiger partial charge in [0.1, 0.15) is 11.6 Å². The van der Waals surface area contributed by atoms with Crippen molar-refractivity contribution in [3.8, 4) is 0 Å². The number of ketones is 2. The summed E-state index contributed by atoms with van der Waals surface area (Å²) in [5, 5.41) is 2.75. The number of Topliss-reactive ketones (excluding diaryl/α,β-unsaturated/α-hetero) is 2. The molecule has 0 radical (unpaired) electrons. The van der Waals surface area contributed by atoms with E-state index in [9.17, 15) is 19.2 Å². The maximum absolute atomic E-state index is 11.0. The lowest BCUT2D eigenvalue weighted by atomic mass is 9.90. The number of esters is 1. The molecule has 1 amide bonds. The van der Waals surface area contributed by atoms with Gasteiger partial charge in [-0.1, -0.05) is 105 Å². The van der Waals surface area contributed by atoms with Crippen LogP contribution in [0.1, 0.15) is 160 Å². The highest BCUT2D eigenvalue weighted by Crippen LogP contribution is 2.16. The number of aliphatic imine (C=N–C) groups is 1. The third kappa shape index (κ3) is 47.1. The van der Waals surface area contributed by atoms with Gasteiger partial charge in [-0.2, -0.15) is 0 Å². The Hall–Kier alpha value is -2.05. The Morgan fingerprint density at radius 1 is 0.651 bits per heavy atom. The summed E-state index contributed by atoms with van der Waals surface area (Å²) in [5.41, 5.74) is -0.600. The van der Waals surface area contributed by atoms with E-state index in [1.54, 1.807) is 6.92 Å². The summed E-state index contributed by atoms with van der Waals surface area (Å²) in [6.45, 7) is 40.6. The van der Waals surface area contributed by atoms with Crippen molar-refractivity contribution in [1.29, 1.82) is 0 Å². The van der Waals surface area contributed by atoms with Crippen molar-refractivity contribution < 1.29 is 23.9 Å². The van der Waals surface area contributed by atoms with Gasteiger partial charge in [-0.3, -0.25) is 24.2 Å². The van der Waals surface area contributed by atoms with Gasteiger partial charge < -0.3 is 10.1 Å². The summed E-state index contributed by atoms with van der Waals surface area (Å²) in [7, 11) is 0. The van der Waals surface area contributed by atoms with E-state index in [1.165, 1.54) is 0 Å². The SMILES string of the molecule is C.C.CC(=O)C(C)(C)C.CCC(=O)C(C)(C)C.CCN=CC(C)(C)C.CCNC(=O)C(C)(C)C.CCOC(=O)C(C)(C)C. The van der Waals surface area contributed by atoms with E-state index in [2.05, 4.69) is 31.1 Å². The summed E-state index contributed by atoms with van der Waals surface area (Å²) < 4.78 is 4.77. The molecule has 0 heterocycles. The number of carbonyl (C=O) groups is 4. The van der Waals surface area contributed by atoms with Crippen LogP contribution in [-0.2, 0) is 23.9 Å². The maximum Gasteiger partial charge on any atom is 0.311 e. The molecule has 0 spiro atoms. The van der Waals surface area contributed by atoms with E-state index in [-0.39, 0.29) is 59.6 Å². The first-order valence-corrected chi connectivity index (χ1v) is 15.0. The van der Waals surface area contributed by atoms with Crippen molar-refractivity contribution in [1.82, 2.24) is 5.32 Å². The zero-order valence-electron chi connectivity index (χ0n) is 30.9. The second kappa shape index (κ2) is 26.4. The highest BCUT2D eigenvalue weighted by atomic mass is 16.5. The fourth-order valence-electron chi connectivity index (χ4n) is 1.67. The first kappa shape index (κ1) is 56.7. The van der Waals surface area contributed by atoms with E-state index in [4.69, 9.17) is 4.74 Å². The van der Waals surface area contributed by atoms with Gasteiger partial charge in [0.15, 0.2) is 0 Å². The average Bonchev–Trinajstić information content (AvgIpc) is 2.76. The van der Waals surface area contributed by atoms with Gasteiger partial charge in [-0.05, 0) is 53.9 Å². The maximum atomic E-state index is 11.0. The quantitative estimate of drug-likeness (QED) is 0.249. The molecule has 1 N–H and O–H groups in total. The molecule has 0 aromatic carbocycles.